The molecule has 2 rings (SSSR count). The van der Waals surface area contributed by atoms with Crippen LogP contribution >= 0.6 is 0 Å². The third-order valence-corrected chi connectivity index (χ3v) is 3.94. The van der Waals surface area contributed by atoms with Crippen LogP contribution in [0.3, 0.4) is 0 Å². The van der Waals surface area contributed by atoms with Crippen molar-refractivity contribution in [3.05, 3.63) is 29.6 Å². The fourth-order valence-corrected chi connectivity index (χ4v) is 2.82. The molecule has 1 saturated heterocycles. The van der Waals surface area contributed by atoms with Crippen LogP contribution in [0.4, 0.5) is 23.2 Å². The molecule has 0 aliphatic carbocycles. The van der Waals surface area contributed by atoms with Crippen LogP contribution in [-0.4, -0.2) is 19.1 Å². The molecule has 0 spiro atoms. The molecule has 2 N–H and O–H groups in total. The number of rotatable bonds is 2. The van der Waals surface area contributed by atoms with Crippen LogP contribution in [0.1, 0.15) is 25.3 Å². The monoisotopic (exact) mass is 290 g/mol. The van der Waals surface area contributed by atoms with Crippen molar-refractivity contribution in [2.75, 3.05) is 18.0 Å². The van der Waals surface area contributed by atoms with Gasteiger partial charge < -0.3 is 10.6 Å². The molecule has 2 unspecified atom stereocenters. The number of nitrogens with zero attached hydrogens (tertiary/aromatic N) is 1. The van der Waals surface area contributed by atoms with Crippen LogP contribution in [0.25, 0.3) is 0 Å². The van der Waals surface area contributed by atoms with Crippen molar-refractivity contribution >= 4 is 5.69 Å². The van der Waals surface area contributed by atoms with Crippen LogP contribution in [0.2, 0.25) is 0 Å². The molecule has 1 aliphatic rings. The van der Waals surface area contributed by atoms with Gasteiger partial charge in [-0.05, 0) is 37.0 Å². The SMILES string of the molecule is CC1CCCN(c2ccc(C(F)(F)F)cc2F)C1CN. The van der Waals surface area contributed by atoms with E-state index in [2.05, 4.69) is 0 Å². The van der Waals surface area contributed by atoms with Crippen molar-refractivity contribution < 1.29 is 17.6 Å². The minimum Gasteiger partial charge on any atom is -0.365 e. The smallest absolute Gasteiger partial charge is 0.365 e. The topological polar surface area (TPSA) is 29.3 Å². The molecule has 1 aliphatic heterocycles. The van der Waals surface area contributed by atoms with Crippen molar-refractivity contribution in [3.8, 4) is 0 Å². The molecule has 1 aromatic rings. The van der Waals surface area contributed by atoms with Crippen molar-refractivity contribution in [2.24, 2.45) is 11.7 Å². The first kappa shape index (κ1) is 15.1. The molecule has 0 bridgehead atoms. The summed E-state index contributed by atoms with van der Waals surface area (Å²) in [4.78, 5) is 1.80. The molecule has 0 saturated carbocycles. The number of anilines is 1. The summed E-state index contributed by atoms with van der Waals surface area (Å²) < 4.78 is 51.7. The maximum Gasteiger partial charge on any atom is 0.416 e. The highest BCUT2D eigenvalue weighted by atomic mass is 19.4. The fourth-order valence-electron chi connectivity index (χ4n) is 2.82. The molecular weight excluding hydrogens is 272 g/mol. The maximum atomic E-state index is 14.0. The predicted molar refractivity (Wildman–Crippen MR) is 70.0 cm³/mol. The molecule has 1 heterocycles. The molecular formula is C14H18F4N2. The summed E-state index contributed by atoms with van der Waals surface area (Å²) in [6.07, 6.45) is -2.64. The van der Waals surface area contributed by atoms with E-state index in [1.807, 2.05) is 6.92 Å². The van der Waals surface area contributed by atoms with E-state index in [4.69, 9.17) is 5.73 Å². The first-order valence-corrected chi connectivity index (χ1v) is 6.68. The molecule has 2 atom stereocenters. The Bertz CT molecular complexity index is 473. The Balaban J connectivity index is 2.32. The van der Waals surface area contributed by atoms with E-state index in [1.54, 1.807) is 4.90 Å². The maximum absolute atomic E-state index is 14.0. The second-order valence-corrected chi connectivity index (χ2v) is 5.28. The number of halogens is 4. The number of hydrogen-bond acceptors (Lipinski definition) is 2. The lowest BCUT2D eigenvalue weighted by Gasteiger charge is -2.41. The Morgan fingerprint density at radius 3 is 2.60 bits per heavy atom. The molecule has 0 radical (unpaired) electrons. The van der Waals surface area contributed by atoms with Gasteiger partial charge in [-0.2, -0.15) is 13.2 Å². The zero-order chi connectivity index (χ0) is 14.9. The van der Waals surface area contributed by atoms with Gasteiger partial charge in [0.15, 0.2) is 0 Å². The van der Waals surface area contributed by atoms with E-state index < -0.39 is 17.6 Å². The predicted octanol–water partition coefficient (Wildman–Crippen LogP) is 3.41. The first-order valence-electron chi connectivity index (χ1n) is 6.68. The Labute approximate surface area is 115 Å². The Morgan fingerprint density at radius 2 is 2.05 bits per heavy atom. The summed E-state index contributed by atoms with van der Waals surface area (Å²) in [5.74, 6) is -0.539. The van der Waals surface area contributed by atoms with Gasteiger partial charge in [-0.1, -0.05) is 6.92 Å². The lowest BCUT2D eigenvalue weighted by Crippen LogP contribution is -2.49. The van der Waals surface area contributed by atoms with Gasteiger partial charge in [-0.25, -0.2) is 4.39 Å². The zero-order valence-electron chi connectivity index (χ0n) is 11.3. The van der Waals surface area contributed by atoms with Crippen LogP contribution in [0.5, 0.6) is 0 Å². The van der Waals surface area contributed by atoms with Crippen molar-refractivity contribution in [1.29, 1.82) is 0 Å². The van der Waals surface area contributed by atoms with Gasteiger partial charge in [0.2, 0.25) is 0 Å². The van der Waals surface area contributed by atoms with Crippen molar-refractivity contribution in [3.63, 3.8) is 0 Å². The average molecular weight is 290 g/mol. The van der Waals surface area contributed by atoms with Gasteiger partial charge in [0, 0.05) is 19.1 Å². The van der Waals surface area contributed by atoms with E-state index in [-0.39, 0.29) is 11.7 Å². The van der Waals surface area contributed by atoms with Gasteiger partial charge in [-0.3, -0.25) is 0 Å². The summed E-state index contributed by atoms with van der Waals surface area (Å²) in [6, 6.07) is 2.65. The van der Waals surface area contributed by atoms with E-state index in [9.17, 15) is 17.6 Å². The molecule has 112 valence electrons. The standard InChI is InChI=1S/C14H18F4N2/c1-9-3-2-6-20(13(9)8-19)12-5-4-10(7-11(12)15)14(16,17)18/h4-5,7,9,13H,2-3,6,8,19H2,1H3. The number of benzene rings is 1. The fraction of sp³-hybridized carbons (Fsp3) is 0.571. The second kappa shape index (κ2) is 5.60. The van der Waals surface area contributed by atoms with Gasteiger partial charge in [0.05, 0.1) is 11.3 Å². The highest BCUT2D eigenvalue weighted by Gasteiger charge is 2.33. The molecule has 0 aromatic heterocycles. The normalized spacial score (nSPS) is 24.0. The van der Waals surface area contributed by atoms with Gasteiger partial charge >= 0.3 is 6.18 Å². The van der Waals surface area contributed by atoms with Crippen LogP contribution in [0, 0.1) is 11.7 Å². The lowest BCUT2D eigenvalue weighted by molar-refractivity contribution is -0.137. The molecule has 20 heavy (non-hydrogen) atoms. The lowest BCUT2D eigenvalue weighted by atomic mass is 9.90. The summed E-state index contributed by atoms with van der Waals surface area (Å²) in [7, 11) is 0. The third-order valence-electron chi connectivity index (χ3n) is 3.94. The summed E-state index contributed by atoms with van der Waals surface area (Å²) in [5.41, 5.74) is 4.97. The quantitative estimate of drug-likeness (QED) is 0.846. The average Bonchev–Trinajstić information content (AvgIpc) is 2.37. The minimum atomic E-state index is -4.53. The first-order chi connectivity index (χ1) is 9.34. The van der Waals surface area contributed by atoms with Gasteiger partial charge in [0.25, 0.3) is 0 Å². The zero-order valence-corrected chi connectivity index (χ0v) is 11.3. The van der Waals surface area contributed by atoms with Gasteiger partial charge in [0.1, 0.15) is 5.82 Å². The molecule has 1 fully saturated rings. The van der Waals surface area contributed by atoms with Crippen molar-refractivity contribution in [1.82, 2.24) is 0 Å². The van der Waals surface area contributed by atoms with E-state index >= 15 is 0 Å². The number of piperidine rings is 1. The highest BCUT2D eigenvalue weighted by molar-refractivity contribution is 5.51. The molecule has 1 aromatic carbocycles. The molecule has 2 nitrogen and oxygen atoms in total. The molecule has 0 amide bonds. The van der Waals surface area contributed by atoms with Crippen molar-refractivity contribution in [2.45, 2.75) is 32.0 Å². The Morgan fingerprint density at radius 1 is 1.35 bits per heavy atom. The summed E-state index contributed by atoms with van der Waals surface area (Å²) in [6.45, 7) is 3.02. The summed E-state index contributed by atoms with van der Waals surface area (Å²) >= 11 is 0. The van der Waals surface area contributed by atoms with E-state index in [0.29, 0.717) is 25.1 Å². The minimum absolute atomic E-state index is 0.0324. The van der Waals surface area contributed by atoms with E-state index in [0.717, 1.165) is 18.9 Å². The third kappa shape index (κ3) is 2.90. The number of hydrogen-bond donors (Lipinski definition) is 1. The second-order valence-electron chi connectivity index (χ2n) is 5.28. The van der Waals surface area contributed by atoms with Gasteiger partial charge in [-0.15, -0.1) is 0 Å². The Kier molecular flexibility index (Phi) is 4.22. The Hall–Kier alpha value is -1.30. The highest BCUT2D eigenvalue weighted by Crippen LogP contribution is 2.34. The summed E-state index contributed by atoms with van der Waals surface area (Å²) in [5, 5.41) is 0. The number of nitrogens with two attached hydrogens (primary N) is 1. The number of alkyl halides is 3. The van der Waals surface area contributed by atoms with E-state index in [1.165, 1.54) is 6.07 Å². The largest absolute Gasteiger partial charge is 0.416 e. The van der Waals surface area contributed by atoms with Crippen LogP contribution in [-0.2, 0) is 6.18 Å². The molecule has 6 heteroatoms. The van der Waals surface area contributed by atoms with Crippen LogP contribution in [0.15, 0.2) is 18.2 Å². The van der Waals surface area contributed by atoms with Crippen LogP contribution < -0.4 is 10.6 Å².